The van der Waals surface area contributed by atoms with Crippen LogP contribution in [0.3, 0.4) is 0 Å². The van der Waals surface area contributed by atoms with E-state index in [9.17, 15) is 0 Å². The first-order valence-electron chi connectivity index (χ1n) is 6.10. The molecule has 17 heavy (non-hydrogen) atoms. The Balaban J connectivity index is 2.23. The maximum atomic E-state index is 6.07. The molecule has 0 radical (unpaired) electrons. The van der Waals surface area contributed by atoms with Gasteiger partial charge in [-0.05, 0) is 26.2 Å². The molecule has 0 aliphatic carbocycles. The fourth-order valence-electron chi connectivity index (χ4n) is 2.07. The van der Waals surface area contributed by atoms with Gasteiger partial charge in [0.25, 0.3) is 0 Å². The number of anilines is 2. The Bertz CT molecular complexity index is 394. The highest BCUT2D eigenvalue weighted by molar-refractivity contribution is 5.68. The molecule has 5 heteroatoms. The summed E-state index contributed by atoms with van der Waals surface area (Å²) in [6, 6.07) is 0. The van der Waals surface area contributed by atoms with Gasteiger partial charge >= 0.3 is 0 Å². The summed E-state index contributed by atoms with van der Waals surface area (Å²) >= 11 is 0. The van der Waals surface area contributed by atoms with Crippen molar-refractivity contribution in [2.45, 2.75) is 33.3 Å². The van der Waals surface area contributed by atoms with E-state index in [0.29, 0.717) is 17.5 Å². The van der Waals surface area contributed by atoms with Crippen LogP contribution in [0, 0.1) is 5.92 Å². The van der Waals surface area contributed by atoms with Crippen LogP contribution in [0.4, 0.5) is 11.5 Å². The first-order valence-corrected chi connectivity index (χ1v) is 6.10. The van der Waals surface area contributed by atoms with Crippen LogP contribution < -0.4 is 15.4 Å². The van der Waals surface area contributed by atoms with Gasteiger partial charge in [0.2, 0.25) is 5.88 Å². The summed E-state index contributed by atoms with van der Waals surface area (Å²) in [6.07, 6.45) is 2.77. The zero-order chi connectivity index (χ0) is 12.4. The van der Waals surface area contributed by atoms with Gasteiger partial charge in [0.1, 0.15) is 12.0 Å². The van der Waals surface area contributed by atoms with Crippen molar-refractivity contribution in [3.05, 3.63) is 6.33 Å². The van der Waals surface area contributed by atoms with Crippen molar-refractivity contribution < 1.29 is 4.74 Å². The van der Waals surface area contributed by atoms with E-state index in [1.54, 1.807) is 0 Å². The molecule has 2 rings (SSSR count). The molecule has 1 atom stereocenters. The van der Waals surface area contributed by atoms with E-state index < -0.39 is 0 Å². The second-order valence-corrected chi connectivity index (χ2v) is 4.92. The number of aromatic nitrogens is 2. The second-order valence-electron chi connectivity index (χ2n) is 4.92. The summed E-state index contributed by atoms with van der Waals surface area (Å²) in [7, 11) is 0. The van der Waals surface area contributed by atoms with Gasteiger partial charge in [-0.1, -0.05) is 6.92 Å². The first-order chi connectivity index (χ1) is 8.08. The van der Waals surface area contributed by atoms with Crippen molar-refractivity contribution in [1.82, 2.24) is 9.97 Å². The van der Waals surface area contributed by atoms with Crippen molar-refractivity contribution in [1.29, 1.82) is 0 Å². The van der Waals surface area contributed by atoms with Crippen LogP contribution in [0.1, 0.15) is 27.2 Å². The molecular weight excluding hydrogens is 216 g/mol. The van der Waals surface area contributed by atoms with Crippen molar-refractivity contribution in [2.75, 3.05) is 23.7 Å². The molecule has 1 fully saturated rings. The summed E-state index contributed by atoms with van der Waals surface area (Å²) in [5, 5.41) is 0. The molecule has 0 spiro atoms. The maximum Gasteiger partial charge on any atom is 0.242 e. The summed E-state index contributed by atoms with van der Waals surface area (Å²) in [4.78, 5) is 10.6. The SMILES string of the molecule is CC1CCN(c2ncnc(OC(C)C)c2N)C1. The molecule has 94 valence electrons. The third kappa shape index (κ3) is 2.60. The van der Waals surface area contributed by atoms with Crippen LogP contribution in [-0.2, 0) is 0 Å². The van der Waals surface area contributed by atoms with Crippen molar-refractivity contribution in [2.24, 2.45) is 5.92 Å². The predicted molar refractivity (Wildman–Crippen MR) is 68.2 cm³/mol. The number of ether oxygens (including phenoxy) is 1. The fourth-order valence-corrected chi connectivity index (χ4v) is 2.07. The van der Waals surface area contributed by atoms with E-state index >= 15 is 0 Å². The molecule has 5 nitrogen and oxygen atoms in total. The Kier molecular flexibility index (Phi) is 3.36. The van der Waals surface area contributed by atoms with Crippen LogP contribution in [0.15, 0.2) is 6.33 Å². The molecule has 2 heterocycles. The minimum atomic E-state index is 0.0672. The average molecular weight is 236 g/mol. The Morgan fingerprint density at radius 1 is 1.47 bits per heavy atom. The van der Waals surface area contributed by atoms with Gasteiger partial charge in [-0.2, -0.15) is 4.98 Å². The van der Waals surface area contributed by atoms with E-state index in [-0.39, 0.29) is 6.10 Å². The molecule has 2 N–H and O–H groups in total. The zero-order valence-electron chi connectivity index (χ0n) is 10.7. The maximum absolute atomic E-state index is 6.07. The molecule has 0 bridgehead atoms. The molecule has 1 aliphatic rings. The monoisotopic (exact) mass is 236 g/mol. The molecule has 1 aliphatic heterocycles. The van der Waals surface area contributed by atoms with Gasteiger partial charge in [0.15, 0.2) is 5.82 Å². The van der Waals surface area contributed by atoms with Gasteiger partial charge in [0.05, 0.1) is 6.10 Å². The minimum absolute atomic E-state index is 0.0672. The minimum Gasteiger partial charge on any atom is -0.473 e. The lowest BCUT2D eigenvalue weighted by Gasteiger charge is -2.20. The topological polar surface area (TPSA) is 64.3 Å². The van der Waals surface area contributed by atoms with Gasteiger partial charge < -0.3 is 15.4 Å². The van der Waals surface area contributed by atoms with E-state index in [1.807, 2.05) is 13.8 Å². The van der Waals surface area contributed by atoms with Crippen LogP contribution in [0.2, 0.25) is 0 Å². The van der Waals surface area contributed by atoms with E-state index in [0.717, 1.165) is 18.9 Å². The van der Waals surface area contributed by atoms with Gasteiger partial charge in [0, 0.05) is 13.1 Å². The Morgan fingerprint density at radius 2 is 2.24 bits per heavy atom. The van der Waals surface area contributed by atoms with E-state index in [4.69, 9.17) is 10.5 Å². The predicted octanol–water partition coefficient (Wildman–Crippen LogP) is 1.69. The molecule has 1 aromatic heterocycles. The van der Waals surface area contributed by atoms with Crippen molar-refractivity contribution in [3.8, 4) is 5.88 Å². The summed E-state index contributed by atoms with van der Waals surface area (Å²) < 4.78 is 5.57. The summed E-state index contributed by atoms with van der Waals surface area (Å²) in [5.41, 5.74) is 6.62. The lowest BCUT2D eigenvalue weighted by Crippen LogP contribution is -2.22. The molecule has 1 unspecified atom stereocenters. The van der Waals surface area contributed by atoms with Crippen molar-refractivity contribution in [3.63, 3.8) is 0 Å². The van der Waals surface area contributed by atoms with Crippen LogP contribution in [0.5, 0.6) is 5.88 Å². The van der Waals surface area contributed by atoms with Gasteiger partial charge in [-0.25, -0.2) is 4.98 Å². The third-order valence-corrected chi connectivity index (χ3v) is 2.90. The molecule has 0 saturated carbocycles. The number of hydrogen-bond acceptors (Lipinski definition) is 5. The molecule has 0 aromatic carbocycles. The smallest absolute Gasteiger partial charge is 0.242 e. The highest BCUT2D eigenvalue weighted by atomic mass is 16.5. The molecular formula is C12H20N4O. The summed E-state index contributed by atoms with van der Waals surface area (Å²) in [6.45, 7) is 8.16. The number of hydrogen-bond donors (Lipinski definition) is 1. The van der Waals surface area contributed by atoms with E-state index in [2.05, 4.69) is 21.8 Å². The number of rotatable bonds is 3. The highest BCUT2D eigenvalue weighted by Gasteiger charge is 2.23. The van der Waals surface area contributed by atoms with Gasteiger partial charge in [-0.15, -0.1) is 0 Å². The zero-order valence-corrected chi connectivity index (χ0v) is 10.7. The normalized spacial score (nSPS) is 20.0. The Hall–Kier alpha value is -1.52. The first kappa shape index (κ1) is 12.0. The summed E-state index contributed by atoms with van der Waals surface area (Å²) in [5.74, 6) is 1.99. The van der Waals surface area contributed by atoms with Crippen LogP contribution in [-0.4, -0.2) is 29.2 Å². The Labute approximate surface area is 102 Å². The lowest BCUT2D eigenvalue weighted by molar-refractivity contribution is 0.234. The number of nitrogens with zero attached hydrogens (tertiary/aromatic N) is 3. The van der Waals surface area contributed by atoms with Gasteiger partial charge in [-0.3, -0.25) is 0 Å². The highest BCUT2D eigenvalue weighted by Crippen LogP contribution is 2.31. The molecule has 1 aromatic rings. The van der Waals surface area contributed by atoms with Crippen LogP contribution >= 0.6 is 0 Å². The largest absolute Gasteiger partial charge is 0.473 e. The van der Waals surface area contributed by atoms with Crippen LogP contribution in [0.25, 0.3) is 0 Å². The molecule has 1 saturated heterocycles. The fraction of sp³-hybridized carbons (Fsp3) is 0.667. The second kappa shape index (κ2) is 4.77. The number of nitrogens with two attached hydrogens (primary N) is 1. The quantitative estimate of drug-likeness (QED) is 0.865. The third-order valence-electron chi connectivity index (χ3n) is 2.90. The standard InChI is InChI=1S/C12H20N4O/c1-8(2)17-12-10(13)11(14-7-15-12)16-5-4-9(3)6-16/h7-9H,4-6,13H2,1-3H3. The number of nitrogen functional groups attached to an aromatic ring is 1. The average Bonchev–Trinajstić information content (AvgIpc) is 2.67. The lowest BCUT2D eigenvalue weighted by atomic mass is 10.2. The Morgan fingerprint density at radius 3 is 2.82 bits per heavy atom. The molecule has 0 amide bonds. The van der Waals surface area contributed by atoms with E-state index in [1.165, 1.54) is 12.7 Å². The van der Waals surface area contributed by atoms with Crippen molar-refractivity contribution >= 4 is 11.5 Å².